The third-order valence-electron chi connectivity index (χ3n) is 4.56. The number of rotatable bonds is 3. The summed E-state index contributed by atoms with van der Waals surface area (Å²) in [5.41, 5.74) is 0.424. The minimum absolute atomic E-state index is 0.108. The van der Waals surface area contributed by atoms with Gasteiger partial charge in [-0.15, -0.1) is 0 Å². The third-order valence-corrected chi connectivity index (χ3v) is 4.56. The van der Waals surface area contributed by atoms with Crippen molar-refractivity contribution in [3.05, 3.63) is 69.3 Å². The van der Waals surface area contributed by atoms with Gasteiger partial charge in [0.25, 0.3) is 5.69 Å². The second kappa shape index (κ2) is 8.50. The molecule has 0 radical (unpaired) electrons. The first kappa shape index (κ1) is 22.2. The first-order valence-electron chi connectivity index (χ1n) is 9.08. The monoisotopic (exact) mass is 409 g/mol. The summed E-state index contributed by atoms with van der Waals surface area (Å²) < 4.78 is 39.1. The summed E-state index contributed by atoms with van der Waals surface area (Å²) in [4.78, 5) is 25.9. The molecular weight excluding hydrogens is 387 g/mol. The van der Waals surface area contributed by atoms with Crippen LogP contribution < -0.4 is 4.90 Å². The van der Waals surface area contributed by atoms with Crippen LogP contribution in [0.25, 0.3) is 0 Å². The maximum absolute atomic E-state index is 13.0. The fourth-order valence-corrected chi connectivity index (χ4v) is 3.16. The first-order valence-corrected chi connectivity index (χ1v) is 9.08. The number of benzene rings is 2. The highest BCUT2D eigenvalue weighted by Gasteiger charge is 2.35. The molecule has 0 fully saturated rings. The molecule has 1 atom stereocenters. The Balaban J connectivity index is 0.00000145. The number of alkyl halides is 3. The van der Waals surface area contributed by atoms with Crippen LogP contribution in [0, 0.1) is 10.1 Å². The zero-order valence-electron chi connectivity index (χ0n) is 16.5. The van der Waals surface area contributed by atoms with E-state index in [2.05, 4.69) is 0 Å². The summed E-state index contributed by atoms with van der Waals surface area (Å²) in [6.45, 7) is 5.80. The molecule has 2 aromatic rings. The summed E-state index contributed by atoms with van der Waals surface area (Å²) in [5, 5.41) is 11.0. The van der Waals surface area contributed by atoms with Crippen molar-refractivity contribution in [2.24, 2.45) is 0 Å². The molecule has 1 unspecified atom stereocenters. The molecule has 0 N–H and O–H groups in total. The van der Waals surface area contributed by atoms with Gasteiger partial charge in [0.05, 0.1) is 22.2 Å². The predicted octanol–water partition coefficient (Wildman–Crippen LogP) is 5.77. The molecule has 1 aliphatic rings. The van der Waals surface area contributed by atoms with E-state index in [-0.39, 0.29) is 18.3 Å². The number of hydrogen-bond acceptors (Lipinski definition) is 3. The second-order valence-corrected chi connectivity index (χ2v) is 6.38. The number of amides is 2. The largest absolute Gasteiger partial charge is 0.416 e. The number of nitro benzene ring substituents is 1. The Morgan fingerprint density at radius 3 is 2.38 bits per heavy atom. The fraction of sp³-hybridized carbons (Fsp3) is 0.350. The van der Waals surface area contributed by atoms with E-state index < -0.39 is 22.7 Å². The number of halogens is 3. The van der Waals surface area contributed by atoms with E-state index in [0.29, 0.717) is 16.8 Å². The van der Waals surface area contributed by atoms with Gasteiger partial charge in [-0.2, -0.15) is 13.2 Å². The van der Waals surface area contributed by atoms with E-state index in [4.69, 9.17) is 0 Å². The molecule has 3 rings (SSSR count). The Morgan fingerprint density at radius 2 is 1.79 bits per heavy atom. The van der Waals surface area contributed by atoms with Gasteiger partial charge in [0, 0.05) is 31.3 Å². The van der Waals surface area contributed by atoms with Gasteiger partial charge in [0.1, 0.15) is 0 Å². The fourth-order valence-electron chi connectivity index (χ4n) is 3.16. The highest BCUT2D eigenvalue weighted by Crippen LogP contribution is 2.38. The molecular formula is C20H22F3N3O3. The molecule has 1 heterocycles. The molecule has 29 heavy (non-hydrogen) atoms. The lowest BCUT2D eigenvalue weighted by Gasteiger charge is -2.38. The van der Waals surface area contributed by atoms with E-state index in [9.17, 15) is 28.1 Å². The number of fused-ring (bicyclic) bond motifs is 1. The normalized spacial score (nSPS) is 14.7. The van der Waals surface area contributed by atoms with Crippen LogP contribution in [0.1, 0.15) is 43.5 Å². The Morgan fingerprint density at radius 1 is 1.14 bits per heavy atom. The maximum atomic E-state index is 13.0. The summed E-state index contributed by atoms with van der Waals surface area (Å²) in [6.07, 6.45) is -4.49. The number of carbonyl (C=O) groups excluding carboxylic acids is 1. The molecule has 9 heteroatoms. The van der Waals surface area contributed by atoms with Crippen LogP contribution in [0.3, 0.4) is 0 Å². The summed E-state index contributed by atoms with van der Waals surface area (Å²) in [7, 11) is 1.54. The summed E-state index contributed by atoms with van der Waals surface area (Å²) in [5.74, 6) is 0. The van der Waals surface area contributed by atoms with Crippen LogP contribution in [0.4, 0.5) is 29.3 Å². The van der Waals surface area contributed by atoms with Crippen LogP contribution in [0.2, 0.25) is 0 Å². The summed E-state index contributed by atoms with van der Waals surface area (Å²) in [6, 6.07) is 7.84. The molecule has 0 saturated heterocycles. The maximum Gasteiger partial charge on any atom is 0.416 e. The van der Waals surface area contributed by atoms with Gasteiger partial charge in [0.15, 0.2) is 0 Å². The molecule has 6 nitrogen and oxygen atoms in total. The van der Waals surface area contributed by atoms with E-state index >= 15 is 0 Å². The van der Waals surface area contributed by atoms with Crippen LogP contribution in [-0.4, -0.2) is 22.9 Å². The topological polar surface area (TPSA) is 66.7 Å². The van der Waals surface area contributed by atoms with Gasteiger partial charge >= 0.3 is 12.2 Å². The van der Waals surface area contributed by atoms with Crippen molar-refractivity contribution in [3.8, 4) is 0 Å². The van der Waals surface area contributed by atoms with E-state index in [0.717, 1.165) is 12.1 Å². The quantitative estimate of drug-likeness (QED) is 0.477. The van der Waals surface area contributed by atoms with Crippen LogP contribution >= 0.6 is 0 Å². The van der Waals surface area contributed by atoms with Crippen LogP contribution in [0.5, 0.6) is 0 Å². The van der Waals surface area contributed by atoms with Crippen molar-refractivity contribution in [1.29, 1.82) is 0 Å². The number of hydrogen-bond donors (Lipinski definition) is 0. The van der Waals surface area contributed by atoms with Crippen LogP contribution in [0.15, 0.2) is 42.5 Å². The van der Waals surface area contributed by atoms with Gasteiger partial charge in [-0.1, -0.05) is 26.0 Å². The number of anilines is 1. The average Bonchev–Trinajstić information content (AvgIpc) is 2.69. The highest BCUT2D eigenvalue weighted by molar-refractivity contribution is 5.95. The van der Waals surface area contributed by atoms with Crippen molar-refractivity contribution < 1.29 is 22.9 Å². The Hall–Kier alpha value is -3.10. The minimum Gasteiger partial charge on any atom is -0.323 e. The molecule has 0 aromatic heterocycles. The van der Waals surface area contributed by atoms with Crippen LogP contribution in [-0.2, 0) is 12.7 Å². The number of urea groups is 1. The Bertz CT molecular complexity index is 915. The first-order chi connectivity index (χ1) is 13.6. The molecule has 0 spiro atoms. The van der Waals surface area contributed by atoms with Gasteiger partial charge in [-0.05, 0) is 30.7 Å². The number of carbonyl (C=O) groups is 1. The standard InChI is InChI=1S/C18H16F3N3O3.C2H6/c1-11(12-4-3-5-14(8-12)18(19,20)21)23-16-7-6-15(24(26)27)9-13(16)10-22(2)17(23)25;1-2/h3-9,11H,10H2,1-2H3;1-2H3. The molecule has 0 saturated carbocycles. The molecule has 1 aliphatic heterocycles. The number of nitrogens with zero attached hydrogens (tertiary/aromatic N) is 3. The summed E-state index contributed by atoms with van der Waals surface area (Å²) >= 11 is 0. The number of non-ortho nitro benzene ring substituents is 1. The van der Waals surface area contributed by atoms with Crippen molar-refractivity contribution in [3.63, 3.8) is 0 Å². The van der Waals surface area contributed by atoms with Gasteiger partial charge in [-0.25, -0.2) is 4.79 Å². The Labute approximate surface area is 166 Å². The van der Waals surface area contributed by atoms with E-state index in [1.54, 1.807) is 6.92 Å². The van der Waals surface area contributed by atoms with E-state index in [1.807, 2.05) is 13.8 Å². The Kier molecular flexibility index (Phi) is 6.51. The molecule has 2 aromatic carbocycles. The molecule has 0 aliphatic carbocycles. The van der Waals surface area contributed by atoms with Crippen molar-refractivity contribution in [1.82, 2.24) is 4.90 Å². The lowest BCUT2D eigenvalue weighted by molar-refractivity contribution is -0.384. The van der Waals surface area contributed by atoms with Crippen molar-refractivity contribution in [2.75, 3.05) is 11.9 Å². The van der Waals surface area contributed by atoms with Crippen molar-refractivity contribution >= 4 is 17.4 Å². The zero-order valence-corrected chi connectivity index (χ0v) is 16.5. The van der Waals surface area contributed by atoms with Gasteiger partial charge in [-0.3, -0.25) is 15.0 Å². The number of nitro groups is 1. The zero-order chi connectivity index (χ0) is 21.9. The minimum atomic E-state index is -4.49. The van der Waals surface area contributed by atoms with Gasteiger partial charge in [0.2, 0.25) is 0 Å². The molecule has 2 amide bonds. The molecule has 0 bridgehead atoms. The second-order valence-electron chi connectivity index (χ2n) is 6.38. The smallest absolute Gasteiger partial charge is 0.323 e. The van der Waals surface area contributed by atoms with Gasteiger partial charge < -0.3 is 4.90 Å². The average molecular weight is 409 g/mol. The highest BCUT2D eigenvalue weighted by atomic mass is 19.4. The van der Waals surface area contributed by atoms with Crippen molar-refractivity contribution in [2.45, 2.75) is 39.5 Å². The van der Waals surface area contributed by atoms with E-state index in [1.165, 1.54) is 47.2 Å². The predicted molar refractivity (Wildman–Crippen MR) is 104 cm³/mol. The lowest BCUT2D eigenvalue weighted by Crippen LogP contribution is -2.46. The molecule has 156 valence electrons. The SMILES string of the molecule is CC.CC(c1cccc(C(F)(F)F)c1)N1C(=O)N(C)Cc2cc([N+](=O)[O-])ccc21. The third kappa shape index (κ3) is 4.49. The lowest BCUT2D eigenvalue weighted by atomic mass is 10.0.